The summed E-state index contributed by atoms with van der Waals surface area (Å²) in [7, 11) is 3.26. The average Bonchev–Trinajstić information content (AvgIpc) is 2.96. The molecule has 1 aromatic carbocycles. The fourth-order valence-corrected chi connectivity index (χ4v) is 2.96. The highest BCUT2D eigenvalue weighted by atomic mass is 35.5. The third kappa shape index (κ3) is 4.01. The first-order valence-corrected chi connectivity index (χ1v) is 7.72. The first-order chi connectivity index (χ1) is 10.8. The summed E-state index contributed by atoms with van der Waals surface area (Å²) in [5.41, 5.74) is 0.857. The zero-order valence-electron chi connectivity index (χ0n) is 13.0. The maximum absolute atomic E-state index is 12.2. The van der Waals surface area contributed by atoms with Crippen LogP contribution in [0, 0.1) is 11.8 Å². The van der Waals surface area contributed by atoms with Crippen LogP contribution >= 0.6 is 11.6 Å². The van der Waals surface area contributed by atoms with Gasteiger partial charge in [-0.3, -0.25) is 14.4 Å². The smallest absolute Gasteiger partial charge is 0.306 e. The molecule has 0 radical (unpaired) electrons. The lowest BCUT2D eigenvalue weighted by molar-refractivity contribution is -0.141. The van der Waals surface area contributed by atoms with Crippen LogP contribution in [0.2, 0.25) is 5.02 Å². The Morgan fingerprint density at radius 2 is 1.87 bits per heavy atom. The Hall–Kier alpha value is -2.08. The molecule has 2 atom stereocenters. The van der Waals surface area contributed by atoms with Gasteiger partial charge < -0.3 is 15.3 Å². The molecule has 1 aliphatic rings. The molecule has 1 fully saturated rings. The SMILES string of the molecule is CN(C)C(=O)c1ccc(NC(=O)[C@@H]2CC[C@H](C(=O)O)C2)cc1Cl. The van der Waals surface area contributed by atoms with Crippen LogP contribution < -0.4 is 5.32 Å². The van der Waals surface area contributed by atoms with Gasteiger partial charge >= 0.3 is 5.97 Å². The van der Waals surface area contributed by atoms with Crippen molar-refractivity contribution in [3.63, 3.8) is 0 Å². The monoisotopic (exact) mass is 338 g/mol. The molecule has 7 heteroatoms. The number of halogens is 1. The second-order valence-corrected chi connectivity index (χ2v) is 6.34. The van der Waals surface area contributed by atoms with Crippen molar-refractivity contribution in [2.24, 2.45) is 11.8 Å². The molecule has 0 aromatic heterocycles. The van der Waals surface area contributed by atoms with Gasteiger partial charge in [-0.2, -0.15) is 0 Å². The molecule has 23 heavy (non-hydrogen) atoms. The summed E-state index contributed by atoms with van der Waals surface area (Å²) < 4.78 is 0. The summed E-state index contributed by atoms with van der Waals surface area (Å²) in [5.74, 6) is -2.04. The summed E-state index contributed by atoms with van der Waals surface area (Å²) in [6.07, 6.45) is 1.43. The van der Waals surface area contributed by atoms with E-state index in [2.05, 4.69) is 5.32 Å². The zero-order chi connectivity index (χ0) is 17.1. The van der Waals surface area contributed by atoms with Crippen LogP contribution in [-0.4, -0.2) is 41.9 Å². The Kier molecular flexibility index (Phi) is 5.26. The number of nitrogens with one attached hydrogen (secondary N) is 1. The highest BCUT2D eigenvalue weighted by molar-refractivity contribution is 6.34. The normalized spacial score (nSPS) is 20.1. The number of hydrogen-bond acceptors (Lipinski definition) is 3. The molecule has 2 N–H and O–H groups in total. The van der Waals surface area contributed by atoms with Crippen LogP contribution in [0.1, 0.15) is 29.6 Å². The van der Waals surface area contributed by atoms with E-state index < -0.39 is 11.9 Å². The van der Waals surface area contributed by atoms with E-state index in [0.29, 0.717) is 30.5 Å². The third-order valence-corrected chi connectivity index (χ3v) is 4.34. The van der Waals surface area contributed by atoms with Gasteiger partial charge in [-0.25, -0.2) is 0 Å². The molecule has 0 heterocycles. The van der Waals surface area contributed by atoms with E-state index in [1.54, 1.807) is 26.2 Å². The minimum absolute atomic E-state index is 0.212. The van der Waals surface area contributed by atoms with Gasteiger partial charge in [0.15, 0.2) is 0 Å². The van der Waals surface area contributed by atoms with Crippen LogP contribution in [0.15, 0.2) is 18.2 Å². The summed E-state index contributed by atoms with van der Waals surface area (Å²) in [6.45, 7) is 0. The number of rotatable bonds is 4. The van der Waals surface area contributed by atoms with Crippen molar-refractivity contribution in [3.8, 4) is 0 Å². The lowest BCUT2D eigenvalue weighted by Crippen LogP contribution is -2.23. The van der Waals surface area contributed by atoms with Gasteiger partial charge in [0.05, 0.1) is 16.5 Å². The van der Waals surface area contributed by atoms with E-state index in [0.717, 1.165) is 0 Å². The molecule has 1 aliphatic carbocycles. The number of nitrogens with zero attached hydrogens (tertiary/aromatic N) is 1. The molecule has 0 saturated heterocycles. The van der Waals surface area contributed by atoms with Crippen molar-refractivity contribution in [2.75, 3.05) is 19.4 Å². The molecule has 6 nitrogen and oxygen atoms in total. The van der Waals surface area contributed by atoms with E-state index in [9.17, 15) is 14.4 Å². The molecule has 0 spiro atoms. The van der Waals surface area contributed by atoms with Gasteiger partial charge in [0.1, 0.15) is 0 Å². The van der Waals surface area contributed by atoms with E-state index in [-0.39, 0.29) is 22.8 Å². The highest BCUT2D eigenvalue weighted by Gasteiger charge is 2.33. The molecule has 0 bridgehead atoms. The van der Waals surface area contributed by atoms with Crippen molar-refractivity contribution in [3.05, 3.63) is 28.8 Å². The molecule has 1 saturated carbocycles. The second kappa shape index (κ2) is 7.00. The molecular weight excluding hydrogens is 320 g/mol. The lowest BCUT2D eigenvalue weighted by atomic mass is 10.0. The maximum atomic E-state index is 12.2. The van der Waals surface area contributed by atoms with Crippen molar-refractivity contribution < 1.29 is 19.5 Å². The van der Waals surface area contributed by atoms with Gasteiger partial charge in [0.2, 0.25) is 5.91 Å². The molecular formula is C16H19ClN2O4. The third-order valence-electron chi connectivity index (χ3n) is 4.03. The van der Waals surface area contributed by atoms with Gasteiger partial charge in [0, 0.05) is 25.7 Å². The number of carbonyl (C=O) groups excluding carboxylic acids is 2. The predicted molar refractivity (Wildman–Crippen MR) is 86.6 cm³/mol. The minimum atomic E-state index is -0.852. The number of anilines is 1. The Morgan fingerprint density at radius 3 is 2.39 bits per heavy atom. The zero-order valence-corrected chi connectivity index (χ0v) is 13.8. The quantitative estimate of drug-likeness (QED) is 0.883. The van der Waals surface area contributed by atoms with E-state index in [1.807, 2.05) is 0 Å². The maximum Gasteiger partial charge on any atom is 0.306 e. The summed E-state index contributed by atoms with van der Waals surface area (Å²) in [4.78, 5) is 36.5. The summed E-state index contributed by atoms with van der Waals surface area (Å²) in [6, 6.07) is 4.71. The summed E-state index contributed by atoms with van der Waals surface area (Å²) in [5, 5.41) is 12.0. The number of carboxylic acid groups (broad SMARTS) is 1. The van der Waals surface area contributed by atoms with E-state index in [4.69, 9.17) is 16.7 Å². The van der Waals surface area contributed by atoms with Crippen LogP contribution in [0.4, 0.5) is 5.69 Å². The molecule has 1 aromatic rings. The number of amides is 2. The average molecular weight is 339 g/mol. The molecule has 124 valence electrons. The fourth-order valence-electron chi connectivity index (χ4n) is 2.70. The van der Waals surface area contributed by atoms with Crippen LogP contribution in [0.25, 0.3) is 0 Å². The van der Waals surface area contributed by atoms with Crippen LogP contribution in [0.3, 0.4) is 0 Å². The van der Waals surface area contributed by atoms with Gasteiger partial charge in [-0.1, -0.05) is 11.6 Å². The lowest BCUT2D eigenvalue weighted by Gasteiger charge is -2.14. The number of carboxylic acids is 1. The van der Waals surface area contributed by atoms with Crippen molar-refractivity contribution in [1.82, 2.24) is 4.90 Å². The first-order valence-electron chi connectivity index (χ1n) is 7.34. The Balaban J connectivity index is 2.04. The van der Waals surface area contributed by atoms with E-state index in [1.165, 1.54) is 11.0 Å². The molecule has 0 aliphatic heterocycles. The van der Waals surface area contributed by atoms with Crippen molar-refractivity contribution >= 4 is 35.1 Å². The van der Waals surface area contributed by atoms with Gasteiger partial charge in [0.25, 0.3) is 5.91 Å². The number of aliphatic carboxylic acids is 1. The Bertz CT molecular complexity index is 645. The minimum Gasteiger partial charge on any atom is -0.481 e. The second-order valence-electron chi connectivity index (χ2n) is 5.93. The molecule has 0 unspecified atom stereocenters. The van der Waals surface area contributed by atoms with Gasteiger partial charge in [-0.05, 0) is 37.5 Å². The highest BCUT2D eigenvalue weighted by Crippen LogP contribution is 2.32. The Labute approximate surface area is 139 Å². The topological polar surface area (TPSA) is 86.7 Å². The van der Waals surface area contributed by atoms with Crippen molar-refractivity contribution in [2.45, 2.75) is 19.3 Å². The van der Waals surface area contributed by atoms with Gasteiger partial charge in [-0.15, -0.1) is 0 Å². The standard InChI is InChI=1S/C16H19ClN2O4/c1-19(2)15(21)12-6-5-11(8-13(12)17)18-14(20)9-3-4-10(7-9)16(22)23/h5-6,8-10H,3-4,7H2,1-2H3,(H,18,20)(H,22,23)/t9-,10+/m1/s1. The Morgan fingerprint density at radius 1 is 1.22 bits per heavy atom. The number of carbonyl (C=O) groups is 3. The number of benzene rings is 1. The first kappa shape index (κ1) is 17.3. The predicted octanol–water partition coefficient (Wildman–Crippen LogP) is 2.48. The molecule has 2 amide bonds. The molecule has 2 rings (SSSR count). The largest absolute Gasteiger partial charge is 0.481 e. The van der Waals surface area contributed by atoms with Crippen LogP contribution in [0.5, 0.6) is 0 Å². The van der Waals surface area contributed by atoms with Crippen molar-refractivity contribution in [1.29, 1.82) is 0 Å². The number of hydrogen-bond donors (Lipinski definition) is 2. The van der Waals surface area contributed by atoms with E-state index >= 15 is 0 Å². The fraction of sp³-hybridized carbons (Fsp3) is 0.438. The van der Waals surface area contributed by atoms with Crippen LogP contribution in [-0.2, 0) is 9.59 Å². The summed E-state index contributed by atoms with van der Waals surface area (Å²) >= 11 is 6.10.